The molecule has 1 N–H and O–H groups in total. The van der Waals surface area contributed by atoms with Crippen LogP contribution >= 0.6 is 0 Å². The summed E-state index contributed by atoms with van der Waals surface area (Å²) in [5.74, 6) is -1.42. The molecular weight excluding hydrogens is 417 g/mol. The Morgan fingerprint density at radius 3 is 2.55 bits per heavy atom. The molecular formula is C21H27F3N2O5. The lowest BCUT2D eigenvalue weighted by Gasteiger charge is -2.50. The fourth-order valence-electron chi connectivity index (χ4n) is 3.87. The molecule has 172 valence electrons. The van der Waals surface area contributed by atoms with Crippen molar-refractivity contribution in [1.82, 2.24) is 9.88 Å². The maximum absolute atomic E-state index is 12.6. The third-order valence-electron chi connectivity index (χ3n) is 5.82. The standard InChI is InChI=1S/C19H26N2O3.C2HF3O2/c1-14-3-2-4-17(20-14)18(22)21-12-19(13-21)16(8-10-24-19)7-9-23-11-15-5-6-15;3-2(4,5)1(6)7/h2-4,15-16H,5-13H2,1H3;(H,6,7). The predicted octanol–water partition coefficient (Wildman–Crippen LogP) is 3.07. The molecule has 1 unspecified atom stereocenters. The summed E-state index contributed by atoms with van der Waals surface area (Å²) >= 11 is 0. The molecule has 1 spiro atoms. The minimum absolute atomic E-state index is 0.0172. The fraction of sp³-hybridized carbons (Fsp3) is 0.667. The summed E-state index contributed by atoms with van der Waals surface area (Å²) in [6, 6.07) is 5.59. The van der Waals surface area contributed by atoms with Crippen LogP contribution in [0.2, 0.25) is 0 Å². The Hall–Kier alpha value is -2.20. The number of likely N-dealkylation sites (tertiary alicyclic amines) is 1. The van der Waals surface area contributed by atoms with Crippen molar-refractivity contribution in [2.45, 2.75) is 44.4 Å². The second-order valence-corrected chi connectivity index (χ2v) is 8.33. The number of rotatable bonds is 6. The molecule has 2 saturated heterocycles. The molecule has 1 atom stereocenters. The molecule has 1 aromatic rings. The first-order chi connectivity index (χ1) is 14.6. The highest BCUT2D eigenvalue weighted by Gasteiger charge is 2.54. The summed E-state index contributed by atoms with van der Waals surface area (Å²) in [5.41, 5.74) is 1.27. The number of carboxylic acids is 1. The number of hydrogen-bond donors (Lipinski definition) is 1. The maximum Gasteiger partial charge on any atom is 0.490 e. The lowest BCUT2D eigenvalue weighted by Crippen LogP contribution is -2.66. The lowest BCUT2D eigenvalue weighted by atomic mass is 9.79. The highest BCUT2D eigenvalue weighted by Crippen LogP contribution is 2.42. The molecule has 2 aliphatic heterocycles. The first-order valence-corrected chi connectivity index (χ1v) is 10.4. The number of carbonyl (C=O) groups excluding carboxylic acids is 1. The first kappa shape index (κ1) is 23.5. The summed E-state index contributed by atoms with van der Waals surface area (Å²) in [6.45, 7) is 5.83. The zero-order valence-corrected chi connectivity index (χ0v) is 17.4. The van der Waals surface area contributed by atoms with Gasteiger partial charge in [0.15, 0.2) is 0 Å². The molecule has 3 fully saturated rings. The third-order valence-corrected chi connectivity index (χ3v) is 5.82. The number of ether oxygens (including phenoxy) is 2. The van der Waals surface area contributed by atoms with Crippen LogP contribution in [0.25, 0.3) is 0 Å². The van der Waals surface area contributed by atoms with Crippen molar-refractivity contribution in [3.05, 3.63) is 29.6 Å². The molecule has 0 radical (unpaired) electrons. The Kier molecular flexibility index (Phi) is 7.20. The number of aryl methyl sites for hydroxylation is 1. The van der Waals surface area contributed by atoms with Gasteiger partial charge in [-0.15, -0.1) is 0 Å². The van der Waals surface area contributed by atoms with E-state index >= 15 is 0 Å². The monoisotopic (exact) mass is 444 g/mol. The van der Waals surface area contributed by atoms with Crippen LogP contribution in [0.5, 0.6) is 0 Å². The minimum atomic E-state index is -5.08. The number of amides is 1. The van der Waals surface area contributed by atoms with Gasteiger partial charge < -0.3 is 19.5 Å². The molecule has 0 aromatic carbocycles. The molecule has 1 aliphatic carbocycles. The highest BCUT2D eigenvalue weighted by molar-refractivity contribution is 5.93. The summed E-state index contributed by atoms with van der Waals surface area (Å²) < 4.78 is 43.6. The summed E-state index contributed by atoms with van der Waals surface area (Å²) in [7, 11) is 0. The van der Waals surface area contributed by atoms with E-state index < -0.39 is 12.1 Å². The summed E-state index contributed by atoms with van der Waals surface area (Å²) in [4.78, 5) is 27.7. The summed E-state index contributed by atoms with van der Waals surface area (Å²) in [5, 5.41) is 7.12. The minimum Gasteiger partial charge on any atom is -0.475 e. The molecule has 3 aliphatic rings. The van der Waals surface area contributed by atoms with Gasteiger partial charge in [0.05, 0.1) is 13.1 Å². The Morgan fingerprint density at radius 1 is 1.29 bits per heavy atom. The predicted molar refractivity (Wildman–Crippen MR) is 104 cm³/mol. The van der Waals surface area contributed by atoms with Crippen molar-refractivity contribution in [2.24, 2.45) is 11.8 Å². The Bertz CT molecular complexity index is 791. The van der Waals surface area contributed by atoms with Crippen molar-refractivity contribution in [3.8, 4) is 0 Å². The van der Waals surface area contributed by atoms with E-state index in [1.807, 2.05) is 24.0 Å². The van der Waals surface area contributed by atoms with Gasteiger partial charge in [-0.2, -0.15) is 13.2 Å². The van der Waals surface area contributed by atoms with E-state index in [0.717, 1.165) is 44.3 Å². The second kappa shape index (κ2) is 9.52. The van der Waals surface area contributed by atoms with Crippen molar-refractivity contribution in [1.29, 1.82) is 0 Å². The van der Waals surface area contributed by atoms with Crippen LogP contribution in [0.1, 0.15) is 41.9 Å². The smallest absolute Gasteiger partial charge is 0.475 e. The van der Waals surface area contributed by atoms with Crippen molar-refractivity contribution < 1.29 is 37.3 Å². The molecule has 3 heterocycles. The largest absolute Gasteiger partial charge is 0.490 e. The van der Waals surface area contributed by atoms with Crippen molar-refractivity contribution in [3.63, 3.8) is 0 Å². The van der Waals surface area contributed by atoms with E-state index in [4.69, 9.17) is 19.4 Å². The van der Waals surface area contributed by atoms with E-state index in [-0.39, 0.29) is 11.5 Å². The highest BCUT2D eigenvalue weighted by atomic mass is 19.4. The molecule has 31 heavy (non-hydrogen) atoms. The third kappa shape index (κ3) is 6.16. The Morgan fingerprint density at radius 2 is 1.97 bits per heavy atom. The van der Waals surface area contributed by atoms with Gasteiger partial charge in [-0.05, 0) is 56.6 Å². The van der Waals surface area contributed by atoms with Crippen LogP contribution < -0.4 is 0 Å². The molecule has 4 rings (SSSR count). The number of aliphatic carboxylic acids is 1. The normalized spacial score (nSPS) is 21.9. The van der Waals surface area contributed by atoms with Crippen molar-refractivity contribution in [2.75, 3.05) is 32.9 Å². The number of pyridine rings is 1. The van der Waals surface area contributed by atoms with Crippen LogP contribution in [-0.4, -0.2) is 71.6 Å². The van der Waals surface area contributed by atoms with Crippen LogP contribution in [0.3, 0.4) is 0 Å². The number of hydrogen-bond acceptors (Lipinski definition) is 5. The van der Waals surface area contributed by atoms with Crippen LogP contribution in [-0.2, 0) is 14.3 Å². The van der Waals surface area contributed by atoms with Crippen molar-refractivity contribution >= 4 is 11.9 Å². The number of aromatic nitrogens is 1. The number of carboxylic acid groups (broad SMARTS) is 1. The Labute approximate surface area is 178 Å². The molecule has 10 heteroatoms. The van der Waals surface area contributed by atoms with Crippen LogP contribution in [0.4, 0.5) is 13.2 Å². The zero-order valence-electron chi connectivity index (χ0n) is 17.4. The molecule has 1 saturated carbocycles. The lowest BCUT2D eigenvalue weighted by molar-refractivity contribution is -0.192. The van der Waals surface area contributed by atoms with E-state index in [1.54, 1.807) is 6.07 Å². The van der Waals surface area contributed by atoms with Crippen LogP contribution in [0, 0.1) is 18.8 Å². The average molecular weight is 444 g/mol. The van der Waals surface area contributed by atoms with Gasteiger partial charge in [-0.1, -0.05) is 6.07 Å². The van der Waals surface area contributed by atoms with Gasteiger partial charge in [0.25, 0.3) is 5.91 Å². The van der Waals surface area contributed by atoms with Gasteiger partial charge in [0, 0.05) is 25.5 Å². The van der Waals surface area contributed by atoms with Gasteiger partial charge >= 0.3 is 12.1 Å². The molecule has 1 aromatic heterocycles. The van der Waals surface area contributed by atoms with E-state index in [2.05, 4.69) is 4.98 Å². The van der Waals surface area contributed by atoms with Crippen LogP contribution in [0.15, 0.2) is 18.2 Å². The quantitative estimate of drug-likeness (QED) is 0.679. The van der Waals surface area contributed by atoms with Gasteiger partial charge in [-0.3, -0.25) is 4.79 Å². The summed E-state index contributed by atoms with van der Waals surface area (Å²) in [6.07, 6.45) is -0.296. The fourth-order valence-corrected chi connectivity index (χ4v) is 3.87. The molecule has 0 bridgehead atoms. The topological polar surface area (TPSA) is 89.0 Å². The number of nitrogens with zero attached hydrogens (tertiary/aromatic N) is 2. The first-order valence-electron chi connectivity index (χ1n) is 10.4. The molecule has 1 amide bonds. The second-order valence-electron chi connectivity index (χ2n) is 8.33. The number of alkyl halides is 3. The Balaban J connectivity index is 0.000000339. The zero-order chi connectivity index (χ0) is 22.6. The number of halogens is 3. The van der Waals surface area contributed by atoms with E-state index in [1.165, 1.54) is 12.8 Å². The van der Waals surface area contributed by atoms with Gasteiger partial charge in [0.2, 0.25) is 0 Å². The molecule has 7 nitrogen and oxygen atoms in total. The number of carbonyl (C=O) groups is 2. The van der Waals surface area contributed by atoms with Gasteiger partial charge in [0.1, 0.15) is 11.3 Å². The SMILES string of the molecule is Cc1cccc(C(=O)N2CC3(C2)OCCC3CCOCC2CC2)n1.O=C(O)C(F)(F)F. The average Bonchev–Trinajstić information content (AvgIpc) is 3.40. The van der Waals surface area contributed by atoms with Gasteiger partial charge in [-0.25, -0.2) is 9.78 Å². The van der Waals surface area contributed by atoms with E-state index in [0.29, 0.717) is 24.7 Å². The maximum atomic E-state index is 12.6. The van der Waals surface area contributed by atoms with E-state index in [9.17, 15) is 18.0 Å².